The van der Waals surface area contributed by atoms with E-state index in [9.17, 15) is 31.2 Å². The molecule has 2 rings (SSSR count). The first kappa shape index (κ1) is 32.7. The lowest BCUT2D eigenvalue weighted by Crippen LogP contribution is -2.52. The van der Waals surface area contributed by atoms with Crippen molar-refractivity contribution in [2.45, 2.75) is 64.8 Å². The van der Waals surface area contributed by atoms with Crippen molar-refractivity contribution in [1.82, 2.24) is 10.2 Å². The van der Waals surface area contributed by atoms with Crippen LogP contribution in [0.5, 0.6) is 0 Å². The zero-order chi connectivity index (χ0) is 29.8. The molecular weight excluding hydrogens is 578 g/mol. The van der Waals surface area contributed by atoms with Crippen molar-refractivity contribution in [2.75, 3.05) is 17.1 Å². The fraction of sp³-hybridized carbons (Fsp3) is 0.462. The Labute approximate surface area is 237 Å². The van der Waals surface area contributed by atoms with Crippen molar-refractivity contribution in [3.8, 4) is 0 Å². The molecule has 2 aromatic rings. The van der Waals surface area contributed by atoms with E-state index in [0.717, 1.165) is 28.8 Å². The third-order valence-corrected chi connectivity index (χ3v) is 7.55. The predicted octanol–water partition coefficient (Wildman–Crippen LogP) is 5.89. The molecule has 0 fully saturated rings. The minimum Gasteiger partial charge on any atom is -0.350 e. The molecule has 39 heavy (non-hydrogen) atoms. The Morgan fingerprint density at radius 3 is 2.21 bits per heavy atom. The highest BCUT2D eigenvalue weighted by Gasteiger charge is 2.32. The van der Waals surface area contributed by atoms with Crippen LogP contribution >= 0.6 is 23.2 Å². The highest BCUT2D eigenvalue weighted by Crippen LogP contribution is 2.32. The van der Waals surface area contributed by atoms with Gasteiger partial charge in [-0.1, -0.05) is 35.3 Å². The quantitative estimate of drug-likeness (QED) is 0.364. The highest BCUT2D eigenvalue weighted by molar-refractivity contribution is 7.92. The number of alkyl halides is 3. The predicted molar refractivity (Wildman–Crippen MR) is 147 cm³/mol. The highest BCUT2D eigenvalue weighted by atomic mass is 35.5. The molecule has 2 amide bonds. The third kappa shape index (κ3) is 9.88. The first-order valence-electron chi connectivity index (χ1n) is 12.0. The average Bonchev–Trinajstić information content (AvgIpc) is 2.79. The fourth-order valence-corrected chi connectivity index (χ4v) is 5.01. The van der Waals surface area contributed by atoms with Crippen LogP contribution < -0.4 is 9.62 Å². The SMILES string of the molecule is C[C@H](C(=O)NC(C)(C)C)N(Cc1ccc(Cl)c(Cl)c1)C(=O)CCCN(c1cccc(C(F)(F)F)c1)S(C)(=O)=O. The topological polar surface area (TPSA) is 86.8 Å². The van der Waals surface area contributed by atoms with Gasteiger partial charge in [0.1, 0.15) is 6.04 Å². The van der Waals surface area contributed by atoms with Gasteiger partial charge in [-0.15, -0.1) is 0 Å². The van der Waals surface area contributed by atoms with Gasteiger partial charge >= 0.3 is 6.18 Å². The maximum absolute atomic E-state index is 13.3. The molecule has 0 unspecified atom stereocenters. The molecule has 0 heterocycles. The number of hydrogen-bond donors (Lipinski definition) is 1. The molecular formula is C26H32Cl2F3N3O4S. The number of amides is 2. The number of nitrogens with one attached hydrogen (secondary N) is 1. The third-order valence-electron chi connectivity index (χ3n) is 5.62. The molecule has 0 aliphatic rings. The molecule has 0 bridgehead atoms. The zero-order valence-corrected chi connectivity index (χ0v) is 24.6. The van der Waals surface area contributed by atoms with Crippen LogP contribution in [0.1, 0.15) is 51.7 Å². The Bertz CT molecular complexity index is 1300. The van der Waals surface area contributed by atoms with Gasteiger partial charge in [-0.3, -0.25) is 13.9 Å². The number of benzene rings is 2. The molecule has 0 saturated heterocycles. The molecule has 13 heteroatoms. The van der Waals surface area contributed by atoms with E-state index < -0.39 is 45.2 Å². The van der Waals surface area contributed by atoms with E-state index in [1.54, 1.807) is 45.9 Å². The van der Waals surface area contributed by atoms with Crippen molar-refractivity contribution in [2.24, 2.45) is 0 Å². The van der Waals surface area contributed by atoms with Crippen LogP contribution in [0.15, 0.2) is 42.5 Å². The largest absolute Gasteiger partial charge is 0.416 e. The number of hydrogen-bond acceptors (Lipinski definition) is 4. The fourth-order valence-electron chi connectivity index (χ4n) is 3.73. The minimum atomic E-state index is -4.65. The van der Waals surface area contributed by atoms with Gasteiger partial charge in [-0.2, -0.15) is 13.2 Å². The maximum Gasteiger partial charge on any atom is 0.416 e. The van der Waals surface area contributed by atoms with Crippen LogP contribution in [0.4, 0.5) is 18.9 Å². The first-order valence-corrected chi connectivity index (χ1v) is 14.6. The van der Waals surface area contributed by atoms with Gasteiger partial charge in [0.15, 0.2) is 0 Å². The second kappa shape index (κ2) is 12.8. The average molecular weight is 611 g/mol. The molecule has 1 N–H and O–H groups in total. The summed E-state index contributed by atoms with van der Waals surface area (Å²) in [6.07, 6.45) is -3.94. The number of anilines is 1. The van der Waals surface area contributed by atoms with E-state index in [1.165, 1.54) is 11.0 Å². The second-order valence-corrected chi connectivity index (χ2v) is 12.9. The Balaban J connectivity index is 2.26. The van der Waals surface area contributed by atoms with Crippen LogP contribution in [0.3, 0.4) is 0 Å². The van der Waals surface area contributed by atoms with Crippen LogP contribution in [0, 0.1) is 0 Å². The molecule has 0 spiro atoms. The monoisotopic (exact) mass is 609 g/mol. The summed E-state index contributed by atoms with van der Waals surface area (Å²) in [6, 6.07) is 7.90. The van der Waals surface area contributed by atoms with Gasteiger partial charge in [-0.25, -0.2) is 8.42 Å². The van der Waals surface area contributed by atoms with E-state index in [0.29, 0.717) is 10.6 Å². The summed E-state index contributed by atoms with van der Waals surface area (Å²) < 4.78 is 65.2. The van der Waals surface area contributed by atoms with E-state index in [-0.39, 0.29) is 36.6 Å². The Morgan fingerprint density at radius 2 is 1.67 bits per heavy atom. The molecule has 7 nitrogen and oxygen atoms in total. The van der Waals surface area contributed by atoms with Crippen molar-refractivity contribution in [1.29, 1.82) is 0 Å². The molecule has 0 aliphatic heterocycles. The van der Waals surface area contributed by atoms with Crippen molar-refractivity contribution in [3.63, 3.8) is 0 Å². The number of carbonyl (C=O) groups excluding carboxylic acids is 2. The number of nitrogens with zero attached hydrogens (tertiary/aromatic N) is 2. The summed E-state index contributed by atoms with van der Waals surface area (Å²) in [6.45, 7) is 6.76. The van der Waals surface area contributed by atoms with Gasteiger partial charge in [-0.05, 0) is 70.0 Å². The van der Waals surface area contributed by atoms with E-state index >= 15 is 0 Å². The molecule has 0 aromatic heterocycles. The molecule has 2 aromatic carbocycles. The minimum absolute atomic E-state index is 0.00632. The van der Waals surface area contributed by atoms with Crippen LogP contribution in [-0.4, -0.2) is 49.5 Å². The number of sulfonamides is 1. The van der Waals surface area contributed by atoms with Gasteiger partial charge < -0.3 is 10.2 Å². The van der Waals surface area contributed by atoms with Gasteiger partial charge in [0, 0.05) is 25.0 Å². The van der Waals surface area contributed by atoms with Crippen molar-refractivity contribution >= 4 is 50.7 Å². The van der Waals surface area contributed by atoms with Gasteiger partial charge in [0.25, 0.3) is 0 Å². The van der Waals surface area contributed by atoms with Crippen LogP contribution in [-0.2, 0) is 32.3 Å². The molecule has 0 radical (unpaired) electrons. The number of rotatable bonds is 10. The van der Waals surface area contributed by atoms with Crippen LogP contribution in [0.25, 0.3) is 0 Å². The summed E-state index contributed by atoms with van der Waals surface area (Å²) in [4.78, 5) is 27.6. The summed E-state index contributed by atoms with van der Waals surface area (Å²) in [5.74, 6) is -0.840. The van der Waals surface area contributed by atoms with Crippen LogP contribution in [0.2, 0.25) is 10.0 Å². The van der Waals surface area contributed by atoms with Gasteiger partial charge in [0.05, 0.1) is 27.6 Å². The lowest BCUT2D eigenvalue weighted by atomic mass is 10.1. The summed E-state index contributed by atoms with van der Waals surface area (Å²) in [5, 5.41) is 3.44. The summed E-state index contributed by atoms with van der Waals surface area (Å²) in [5.41, 5.74) is -1.08. The van der Waals surface area contributed by atoms with Gasteiger partial charge in [0.2, 0.25) is 21.8 Å². The number of halogens is 5. The van der Waals surface area contributed by atoms with Crippen molar-refractivity contribution in [3.05, 3.63) is 63.6 Å². The molecule has 0 aliphatic carbocycles. The second-order valence-electron chi connectivity index (χ2n) is 10.2. The standard InChI is InChI=1S/C26H32Cl2F3N3O4S/c1-17(24(36)32-25(2,3)4)33(16-18-11-12-21(27)22(28)14-18)23(35)10-7-13-34(39(5,37)38)20-9-6-8-19(15-20)26(29,30)31/h6,8-9,11-12,14-15,17H,7,10,13,16H2,1-5H3,(H,32,36)/t17-/m1/s1. The Morgan fingerprint density at radius 1 is 1.03 bits per heavy atom. The molecule has 1 atom stereocenters. The van der Waals surface area contributed by atoms with Crippen molar-refractivity contribution < 1.29 is 31.2 Å². The smallest absolute Gasteiger partial charge is 0.350 e. The lowest BCUT2D eigenvalue weighted by molar-refractivity contribution is -0.141. The zero-order valence-electron chi connectivity index (χ0n) is 22.3. The van der Waals surface area contributed by atoms with E-state index in [4.69, 9.17) is 23.2 Å². The normalized spacial score (nSPS) is 13.1. The maximum atomic E-state index is 13.3. The molecule has 216 valence electrons. The van der Waals surface area contributed by atoms with E-state index in [2.05, 4.69) is 5.32 Å². The Kier molecular flexibility index (Phi) is 10.7. The number of carbonyl (C=O) groups is 2. The summed E-state index contributed by atoms with van der Waals surface area (Å²) >= 11 is 12.1. The molecule has 0 saturated carbocycles. The van der Waals surface area contributed by atoms with E-state index in [1.807, 2.05) is 0 Å². The summed E-state index contributed by atoms with van der Waals surface area (Å²) in [7, 11) is -3.96. The first-order chi connectivity index (χ1) is 17.8. The Hall–Kier alpha value is -2.50. The lowest BCUT2D eigenvalue weighted by Gasteiger charge is -2.32.